The van der Waals surface area contributed by atoms with Gasteiger partial charge < -0.3 is 5.11 Å². The highest BCUT2D eigenvalue weighted by molar-refractivity contribution is 6.30. The fourth-order valence-electron chi connectivity index (χ4n) is 1.74. The standard InChI is InChI=1S/C14H13ClFNO/c1-9-4-5-17-13(6-9)14(18)8-10-2-3-11(15)12(16)7-10/h2-7,14,18H,8H2,1H3. The summed E-state index contributed by atoms with van der Waals surface area (Å²) in [6.45, 7) is 1.93. The molecule has 18 heavy (non-hydrogen) atoms. The van der Waals surface area contributed by atoms with E-state index in [-0.39, 0.29) is 5.02 Å². The summed E-state index contributed by atoms with van der Waals surface area (Å²) in [5.41, 5.74) is 2.31. The minimum Gasteiger partial charge on any atom is -0.386 e. The molecular formula is C14H13ClFNO. The Hall–Kier alpha value is -1.45. The molecule has 4 heteroatoms. The van der Waals surface area contributed by atoms with Gasteiger partial charge >= 0.3 is 0 Å². The van der Waals surface area contributed by atoms with Gasteiger partial charge in [-0.3, -0.25) is 4.98 Å². The van der Waals surface area contributed by atoms with E-state index in [1.54, 1.807) is 12.3 Å². The number of hydrogen-bond donors (Lipinski definition) is 1. The minimum atomic E-state index is -0.745. The molecule has 1 N–H and O–H groups in total. The third-order valence-corrected chi connectivity index (χ3v) is 3.00. The number of nitrogens with zero attached hydrogens (tertiary/aromatic N) is 1. The Kier molecular flexibility index (Phi) is 3.94. The summed E-state index contributed by atoms with van der Waals surface area (Å²) in [6.07, 6.45) is 1.21. The second-order valence-electron chi connectivity index (χ2n) is 4.23. The Balaban J connectivity index is 2.16. The predicted molar refractivity (Wildman–Crippen MR) is 69.0 cm³/mol. The Labute approximate surface area is 110 Å². The van der Waals surface area contributed by atoms with Crippen molar-refractivity contribution >= 4 is 11.6 Å². The summed E-state index contributed by atoms with van der Waals surface area (Å²) in [6, 6.07) is 8.20. The van der Waals surface area contributed by atoms with Gasteiger partial charge in [0.2, 0.25) is 0 Å². The van der Waals surface area contributed by atoms with E-state index in [1.165, 1.54) is 12.1 Å². The minimum absolute atomic E-state index is 0.0851. The third-order valence-electron chi connectivity index (χ3n) is 2.69. The number of halogens is 2. The van der Waals surface area contributed by atoms with Gasteiger partial charge in [-0.05, 0) is 42.3 Å². The molecule has 0 bridgehead atoms. The highest BCUT2D eigenvalue weighted by atomic mass is 35.5. The van der Waals surface area contributed by atoms with Crippen molar-refractivity contribution in [2.75, 3.05) is 0 Å². The maximum atomic E-state index is 13.3. The van der Waals surface area contributed by atoms with Crippen LogP contribution in [0.5, 0.6) is 0 Å². The molecule has 1 aromatic heterocycles. The first-order chi connectivity index (χ1) is 8.56. The first-order valence-corrected chi connectivity index (χ1v) is 5.98. The van der Waals surface area contributed by atoms with E-state index in [0.29, 0.717) is 17.7 Å². The average molecular weight is 266 g/mol. The monoisotopic (exact) mass is 265 g/mol. The molecule has 0 saturated heterocycles. The molecule has 2 nitrogen and oxygen atoms in total. The number of pyridine rings is 1. The van der Waals surface area contributed by atoms with E-state index < -0.39 is 11.9 Å². The molecule has 0 aliphatic carbocycles. The lowest BCUT2D eigenvalue weighted by Crippen LogP contribution is -2.04. The highest BCUT2D eigenvalue weighted by Crippen LogP contribution is 2.21. The normalized spacial score (nSPS) is 12.4. The first-order valence-electron chi connectivity index (χ1n) is 5.61. The van der Waals surface area contributed by atoms with Gasteiger partial charge in [-0.15, -0.1) is 0 Å². The Morgan fingerprint density at radius 3 is 2.78 bits per heavy atom. The van der Waals surface area contributed by atoms with Gasteiger partial charge in [-0.25, -0.2) is 4.39 Å². The van der Waals surface area contributed by atoms with Gasteiger partial charge in [0, 0.05) is 12.6 Å². The number of aliphatic hydroxyl groups excluding tert-OH is 1. The SMILES string of the molecule is Cc1ccnc(C(O)Cc2ccc(Cl)c(F)c2)c1. The fraction of sp³-hybridized carbons (Fsp3) is 0.214. The lowest BCUT2D eigenvalue weighted by Gasteiger charge is -2.11. The predicted octanol–water partition coefficient (Wildman–Crippen LogP) is 3.46. The van der Waals surface area contributed by atoms with E-state index >= 15 is 0 Å². The van der Waals surface area contributed by atoms with E-state index in [2.05, 4.69) is 4.98 Å². The van der Waals surface area contributed by atoms with Crippen molar-refractivity contribution in [2.45, 2.75) is 19.4 Å². The molecule has 0 spiro atoms. The number of benzene rings is 1. The maximum absolute atomic E-state index is 13.3. The van der Waals surface area contributed by atoms with Crippen LogP contribution in [0.3, 0.4) is 0 Å². The highest BCUT2D eigenvalue weighted by Gasteiger charge is 2.11. The smallest absolute Gasteiger partial charge is 0.142 e. The van der Waals surface area contributed by atoms with Gasteiger partial charge in [0.05, 0.1) is 16.8 Å². The van der Waals surface area contributed by atoms with E-state index in [9.17, 15) is 9.50 Å². The van der Waals surface area contributed by atoms with Crippen LogP contribution in [-0.2, 0) is 6.42 Å². The van der Waals surface area contributed by atoms with Gasteiger partial charge in [0.25, 0.3) is 0 Å². The summed E-state index contributed by atoms with van der Waals surface area (Å²) in [5, 5.41) is 10.1. The van der Waals surface area contributed by atoms with Crippen molar-refractivity contribution in [3.8, 4) is 0 Å². The molecule has 0 fully saturated rings. The molecule has 0 aliphatic heterocycles. The molecule has 94 valence electrons. The number of aromatic nitrogens is 1. The molecule has 2 aromatic rings. The Morgan fingerprint density at radius 1 is 1.33 bits per heavy atom. The van der Waals surface area contributed by atoms with Crippen LogP contribution in [0.4, 0.5) is 4.39 Å². The number of aryl methyl sites for hydroxylation is 1. The second-order valence-corrected chi connectivity index (χ2v) is 4.63. The topological polar surface area (TPSA) is 33.1 Å². The number of rotatable bonds is 3. The van der Waals surface area contributed by atoms with Crippen molar-refractivity contribution in [3.05, 3.63) is 64.2 Å². The van der Waals surface area contributed by atoms with Crippen molar-refractivity contribution in [1.29, 1.82) is 0 Å². The largest absolute Gasteiger partial charge is 0.386 e. The number of hydrogen-bond acceptors (Lipinski definition) is 2. The van der Waals surface area contributed by atoms with Gasteiger partial charge in [0.15, 0.2) is 0 Å². The zero-order valence-corrected chi connectivity index (χ0v) is 10.7. The van der Waals surface area contributed by atoms with Crippen LogP contribution in [0.15, 0.2) is 36.5 Å². The zero-order chi connectivity index (χ0) is 13.1. The maximum Gasteiger partial charge on any atom is 0.142 e. The lowest BCUT2D eigenvalue weighted by molar-refractivity contribution is 0.173. The summed E-state index contributed by atoms with van der Waals surface area (Å²) < 4.78 is 13.3. The van der Waals surface area contributed by atoms with Crippen molar-refractivity contribution in [1.82, 2.24) is 4.98 Å². The lowest BCUT2D eigenvalue weighted by atomic mass is 10.0. The van der Waals surface area contributed by atoms with Crippen molar-refractivity contribution < 1.29 is 9.50 Å². The Morgan fingerprint density at radius 2 is 2.11 bits per heavy atom. The molecule has 1 heterocycles. The Bertz CT molecular complexity index is 559. The third kappa shape index (κ3) is 3.06. The molecule has 1 atom stereocenters. The number of aliphatic hydroxyl groups is 1. The van der Waals surface area contributed by atoms with Crippen LogP contribution in [0.2, 0.25) is 5.02 Å². The fourth-order valence-corrected chi connectivity index (χ4v) is 1.85. The van der Waals surface area contributed by atoms with Crippen molar-refractivity contribution in [2.24, 2.45) is 0 Å². The molecule has 0 radical (unpaired) electrons. The van der Waals surface area contributed by atoms with Crippen molar-refractivity contribution in [3.63, 3.8) is 0 Å². The van der Waals surface area contributed by atoms with Crippen LogP contribution >= 0.6 is 11.6 Å². The molecule has 1 unspecified atom stereocenters. The average Bonchev–Trinajstić information content (AvgIpc) is 2.34. The van der Waals surface area contributed by atoms with Crippen LogP contribution in [0.25, 0.3) is 0 Å². The van der Waals surface area contributed by atoms with E-state index in [4.69, 9.17) is 11.6 Å². The van der Waals surface area contributed by atoms with Gasteiger partial charge in [-0.1, -0.05) is 17.7 Å². The van der Waals surface area contributed by atoms with Crippen LogP contribution in [0.1, 0.15) is 22.9 Å². The van der Waals surface area contributed by atoms with Crippen LogP contribution < -0.4 is 0 Å². The summed E-state index contributed by atoms with van der Waals surface area (Å²) in [5.74, 6) is -0.474. The molecule has 2 rings (SSSR count). The summed E-state index contributed by atoms with van der Waals surface area (Å²) in [4.78, 5) is 4.11. The van der Waals surface area contributed by atoms with Gasteiger partial charge in [-0.2, -0.15) is 0 Å². The molecular weight excluding hydrogens is 253 g/mol. The summed E-state index contributed by atoms with van der Waals surface area (Å²) in [7, 11) is 0. The second kappa shape index (κ2) is 5.46. The first kappa shape index (κ1) is 13.0. The molecule has 0 saturated carbocycles. The molecule has 1 aromatic carbocycles. The van der Waals surface area contributed by atoms with Gasteiger partial charge in [0.1, 0.15) is 5.82 Å². The van der Waals surface area contributed by atoms with Crippen LogP contribution in [-0.4, -0.2) is 10.1 Å². The molecule has 0 amide bonds. The quantitative estimate of drug-likeness (QED) is 0.922. The zero-order valence-electron chi connectivity index (χ0n) is 9.90. The molecule has 0 aliphatic rings. The van der Waals surface area contributed by atoms with E-state index in [0.717, 1.165) is 5.56 Å². The van der Waals surface area contributed by atoms with Crippen LogP contribution in [0, 0.1) is 12.7 Å². The van der Waals surface area contributed by atoms with E-state index in [1.807, 2.05) is 19.1 Å². The summed E-state index contributed by atoms with van der Waals surface area (Å²) >= 11 is 5.61.